The van der Waals surface area contributed by atoms with Crippen LogP contribution in [0.4, 0.5) is 5.69 Å². The molecule has 106 valence electrons. The molecule has 3 rings (SSSR count). The van der Waals surface area contributed by atoms with Crippen molar-refractivity contribution >= 4 is 33.0 Å². The Balaban J connectivity index is 1.94. The number of carbonyl (C=O) groups is 1. The van der Waals surface area contributed by atoms with Gasteiger partial charge in [0, 0.05) is 22.2 Å². The Labute approximate surface area is 127 Å². The molecular formula is C17H15NO2S. The van der Waals surface area contributed by atoms with Gasteiger partial charge in [0.05, 0.1) is 7.11 Å². The quantitative estimate of drug-likeness (QED) is 0.771. The van der Waals surface area contributed by atoms with E-state index in [1.807, 2.05) is 30.3 Å². The van der Waals surface area contributed by atoms with Gasteiger partial charge in [-0.1, -0.05) is 12.1 Å². The minimum Gasteiger partial charge on any atom is -0.497 e. The Bertz CT molecular complexity index is 790. The molecule has 0 saturated carbocycles. The monoisotopic (exact) mass is 297 g/mol. The van der Waals surface area contributed by atoms with Crippen molar-refractivity contribution in [3.63, 3.8) is 0 Å². The van der Waals surface area contributed by atoms with Crippen LogP contribution in [0.1, 0.15) is 6.92 Å². The van der Waals surface area contributed by atoms with Crippen molar-refractivity contribution in [3.05, 3.63) is 48.5 Å². The van der Waals surface area contributed by atoms with Crippen LogP contribution < -0.4 is 10.1 Å². The van der Waals surface area contributed by atoms with Crippen LogP contribution in [0.15, 0.2) is 48.5 Å². The van der Waals surface area contributed by atoms with Crippen LogP contribution >= 0.6 is 11.3 Å². The molecule has 3 aromatic rings. The largest absolute Gasteiger partial charge is 0.497 e. The predicted octanol–water partition coefficient (Wildman–Crippen LogP) is 4.54. The molecule has 1 heterocycles. The second kappa shape index (κ2) is 5.58. The zero-order valence-corrected chi connectivity index (χ0v) is 12.7. The van der Waals surface area contributed by atoms with Crippen molar-refractivity contribution < 1.29 is 9.53 Å². The molecule has 0 fully saturated rings. The number of amides is 1. The zero-order valence-electron chi connectivity index (χ0n) is 11.8. The molecule has 1 amide bonds. The number of rotatable bonds is 3. The maximum Gasteiger partial charge on any atom is 0.221 e. The van der Waals surface area contributed by atoms with Crippen LogP contribution in [0.5, 0.6) is 5.75 Å². The molecular weight excluding hydrogens is 282 g/mol. The van der Waals surface area contributed by atoms with Crippen LogP contribution in [0.3, 0.4) is 0 Å². The van der Waals surface area contributed by atoms with E-state index in [0.29, 0.717) is 0 Å². The fourth-order valence-corrected chi connectivity index (χ4v) is 3.30. The maximum absolute atomic E-state index is 11.0. The Morgan fingerprint density at radius 3 is 2.52 bits per heavy atom. The summed E-state index contributed by atoms with van der Waals surface area (Å²) in [6.45, 7) is 1.51. The van der Waals surface area contributed by atoms with Gasteiger partial charge in [0.25, 0.3) is 0 Å². The summed E-state index contributed by atoms with van der Waals surface area (Å²) in [4.78, 5) is 12.2. The minimum atomic E-state index is -0.0586. The third kappa shape index (κ3) is 2.90. The molecule has 21 heavy (non-hydrogen) atoms. The highest BCUT2D eigenvalue weighted by atomic mass is 32.1. The van der Waals surface area contributed by atoms with E-state index in [0.717, 1.165) is 17.0 Å². The molecule has 1 aromatic heterocycles. The summed E-state index contributed by atoms with van der Waals surface area (Å²) in [7, 11) is 1.68. The molecule has 0 bridgehead atoms. The summed E-state index contributed by atoms with van der Waals surface area (Å²) in [5.41, 5.74) is 1.96. The summed E-state index contributed by atoms with van der Waals surface area (Å²) in [6, 6.07) is 16.1. The fourth-order valence-electron chi connectivity index (χ4n) is 2.20. The Kier molecular flexibility index (Phi) is 3.62. The lowest BCUT2D eigenvalue weighted by molar-refractivity contribution is -0.114. The molecule has 0 aliphatic carbocycles. The molecule has 0 saturated heterocycles. The second-order valence-corrected chi connectivity index (χ2v) is 5.86. The summed E-state index contributed by atoms with van der Waals surface area (Å²) in [5.74, 6) is 0.814. The van der Waals surface area contributed by atoms with Gasteiger partial charge in [0.2, 0.25) is 5.91 Å². The van der Waals surface area contributed by atoms with E-state index in [-0.39, 0.29) is 5.91 Å². The summed E-state index contributed by atoms with van der Waals surface area (Å²) < 4.78 is 6.46. The third-order valence-electron chi connectivity index (χ3n) is 3.22. The SMILES string of the molecule is COc1ccc2cc(-c3ccc(NC(C)=O)cc3)sc2c1. The number of hydrogen-bond acceptors (Lipinski definition) is 3. The average Bonchev–Trinajstić information content (AvgIpc) is 2.90. The highest BCUT2D eigenvalue weighted by molar-refractivity contribution is 7.22. The van der Waals surface area contributed by atoms with Gasteiger partial charge < -0.3 is 10.1 Å². The zero-order chi connectivity index (χ0) is 14.8. The lowest BCUT2D eigenvalue weighted by Gasteiger charge is -2.02. The summed E-state index contributed by atoms with van der Waals surface area (Å²) >= 11 is 1.73. The third-order valence-corrected chi connectivity index (χ3v) is 4.36. The molecule has 0 radical (unpaired) electrons. The normalized spacial score (nSPS) is 10.6. The van der Waals surface area contributed by atoms with Gasteiger partial charge >= 0.3 is 0 Å². The Morgan fingerprint density at radius 1 is 1.10 bits per heavy atom. The van der Waals surface area contributed by atoms with E-state index in [4.69, 9.17) is 4.74 Å². The molecule has 0 aliphatic rings. The number of methoxy groups -OCH3 is 1. The van der Waals surface area contributed by atoms with E-state index in [1.54, 1.807) is 18.4 Å². The molecule has 0 unspecified atom stereocenters. The smallest absolute Gasteiger partial charge is 0.221 e. The number of ether oxygens (including phenoxy) is 1. The number of benzene rings is 2. The molecule has 0 spiro atoms. The Hall–Kier alpha value is -2.33. The number of thiophene rings is 1. The van der Waals surface area contributed by atoms with Crippen LogP contribution in [0.2, 0.25) is 0 Å². The topological polar surface area (TPSA) is 38.3 Å². The van der Waals surface area contributed by atoms with Gasteiger partial charge in [-0.05, 0) is 47.3 Å². The summed E-state index contributed by atoms with van der Waals surface area (Å²) in [6.07, 6.45) is 0. The van der Waals surface area contributed by atoms with Gasteiger partial charge in [-0.3, -0.25) is 4.79 Å². The number of carbonyl (C=O) groups excluding carboxylic acids is 1. The number of hydrogen-bond donors (Lipinski definition) is 1. The Morgan fingerprint density at radius 2 is 1.86 bits per heavy atom. The van der Waals surface area contributed by atoms with E-state index in [1.165, 1.54) is 21.9 Å². The van der Waals surface area contributed by atoms with Crippen molar-refractivity contribution in [1.82, 2.24) is 0 Å². The average molecular weight is 297 g/mol. The molecule has 0 atom stereocenters. The first-order valence-corrected chi connectivity index (χ1v) is 7.43. The summed E-state index contributed by atoms with van der Waals surface area (Å²) in [5, 5.41) is 3.98. The standard InChI is InChI=1S/C17H15NO2S/c1-11(19)18-14-6-3-12(4-7-14)16-9-13-5-8-15(20-2)10-17(13)21-16/h3-10H,1-2H3,(H,18,19). The van der Waals surface area contributed by atoms with E-state index >= 15 is 0 Å². The van der Waals surface area contributed by atoms with Gasteiger partial charge in [0.1, 0.15) is 5.75 Å². The van der Waals surface area contributed by atoms with Crippen molar-refractivity contribution in [3.8, 4) is 16.2 Å². The first kappa shape index (κ1) is 13.6. The van der Waals surface area contributed by atoms with Crippen molar-refractivity contribution in [2.45, 2.75) is 6.92 Å². The second-order valence-electron chi connectivity index (χ2n) is 4.77. The first-order valence-electron chi connectivity index (χ1n) is 6.61. The van der Waals surface area contributed by atoms with Crippen molar-refractivity contribution in [2.75, 3.05) is 12.4 Å². The van der Waals surface area contributed by atoms with Gasteiger partial charge in [-0.2, -0.15) is 0 Å². The van der Waals surface area contributed by atoms with E-state index in [9.17, 15) is 4.79 Å². The van der Waals surface area contributed by atoms with Crippen molar-refractivity contribution in [1.29, 1.82) is 0 Å². The van der Waals surface area contributed by atoms with Crippen molar-refractivity contribution in [2.24, 2.45) is 0 Å². The van der Waals surface area contributed by atoms with Crippen LogP contribution in [0, 0.1) is 0 Å². The number of fused-ring (bicyclic) bond motifs is 1. The van der Waals surface area contributed by atoms with E-state index < -0.39 is 0 Å². The van der Waals surface area contributed by atoms with E-state index in [2.05, 4.69) is 23.5 Å². The van der Waals surface area contributed by atoms with Gasteiger partial charge in [-0.25, -0.2) is 0 Å². The number of nitrogens with one attached hydrogen (secondary N) is 1. The molecule has 3 nitrogen and oxygen atoms in total. The van der Waals surface area contributed by atoms with Crippen LogP contribution in [-0.2, 0) is 4.79 Å². The molecule has 0 aliphatic heterocycles. The minimum absolute atomic E-state index is 0.0586. The predicted molar refractivity (Wildman–Crippen MR) is 88.1 cm³/mol. The molecule has 2 aromatic carbocycles. The lowest BCUT2D eigenvalue weighted by Crippen LogP contribution is -2.05. The van der Waals surface area contributed by atoms with Gasteiger partial charge in [0.15, 0.2) is 0 Å². The molecule has 1 N–H and O–H groups in total. The van der Waals surface area contributed by atoms with Crippen LogP contribution in [-0.4, -0.2) is 13.0 Å². The fraction of sp³-hybridized carbons (Fsp3) is 0.118. The molecule has 4 heteroatoms. The highest BCUT2D eigenvalue weighted by Gasteiger charge is 2.06. The number of anilines is 1. The maximum atomic E-state index is 11.0. The van der Waals surface area contributed by atoms with Gasteiger partial charge in [-0.15, -0.1) is 11.3 Å². The first-order chi connectivity index (χ1) is 10.2. The van der Waals surface area contributed by atoms with Crippen LogP contribution in [0.25, 0.3) is 20.5 Å². The lowest BCUT2D eigenvalue weighted by atomic mass is 10.1. The highest BCUT2D eigenvalue weighted by Crippen LogP contribution is 2.35.